The van der Waals surface area contributed by atoms with Gasteiger partial charge in [0.25, 0.3) is 6.47 Å². The molecule has 2 bridgehead atoms. The first-order chi connectivity index (χ1) is 34.1. The number of phenolic OH excluding ortho intramolecular Hbond substituents is 1. The van der Waals surface area contributed by atoms with Crippen molar-refractivity contribution in [3.05, 3.63) is 130 Å². The summed E-state index contributed by atoms with van der Waals surface area (Å²) >= 11 is 0. The maximum atomic E-state index is 13.8. The number of unbranched alkanes of at least 4 members (excludes halogenated alkanes) is 1. The number of alkyl carbamates (subject to hydrolysis) is 1. The minimum atomic E-state index is -2.46. The number of H-pyrrole nitrogens is 1. The number of carboxylic acid groups (broad SMARTS) is 1. The largest absolute Gasteiger partial charge is 0.506 e. The van der Waals surface area contributed by atoms with E-state index in [1.807, 2.05) is 54.6 Å². The molecule has 0 saturated carbocycles. The molecule has 5 aromatic rings. The SMILES string of the molecule is CC(C)(C)OC(=O)N(CCCCOC(=O)c1ccc(COc2cccc([C@@H](NC(=O)O[C@H]3CN4CCC3CC4)c3ccccc3)c2)o1)C[C@H](O[Si](C)(C)C(C)(C)C)c1ccc(O)c2[nH]c(=O)ccc12.O=CO. The number of rotatable bonds is 18. The highest BCUT2D eigenvalue weighted by Gasteiger charge is 2.41. The van der Waals surface area contributed by atoms with Gasteiger partial charge in [0.2, 0.25) is 11.3 Å². The highest BCUT2D eigenvalue weighted by atomic mass is 28.4. The van der Waals surface area contributed by atoms with Crippen LogP contribution in [0.4, 0.5) is 9.59 Å². The van der Waals surface area contributed by atoms with Crippen molar-refractivity contribution in [3.8, 4) is 11.5 Å². The highest BCUT2D eigenvalue weighted by molar-refractivity contribution is 6.74. The molecule has 2 aromatic heterocycles. The molecule has 18 heteroatoms. The first-order valence-corrected chi connectivity index (χ1v) is 27.4. The molecule has 3 aliphatic heterocycles. The van der Waals surface area contributed by atoms with E-state index in [1.165, 1.54) is 12.1 Å². The lowest BCUT2D eigenvalue weighted by Gasteiger charge is -2.43. The number of carbonyl (C=O) groups is 4. The van der Waals surface area contributed by atoms with Crippen molar-refractivity contribution in [2.24, 2.45) is 5.92 Å². The third-order valence-electron chi connectivity index (χ3n) is 13.3. The smallest absolute Gasteiger partial charge is 0.410 e. The van der Waals surface area contributed by atoms with Crippen LogP contribution in [0.3, 0.4) is 0 Å². The van der Waals surface area contributed by atoms with Gasteiger partial charge in [0.1, 0.15) is 35.6 Å². The van der Waals surface area contributed by atoms with Crippen LogP contribution in [0, 0.1) is 5.92 Å². The maximum Gasteiger partial charge on any atom is 0.410 e. The van der Waals surface area contributed by atoms with E-state index in [4.69, 9.17) is 37.7 Å². The number of benzene rings is 3. The molecule has 2 amide bonds. The molecule has 0 radical (unpaired) electrons. The first kappa shape index (κ1) is 54.7. The number of aromatic amines is 1. The molecular formula is C54H70N4O13Si. The van der Waals surface area contributed by atoms with Gasteiger partial charge >= 0.3 is 18.2 Å². The Morgan fingerprint density at radius 2 is 1.64 bits per heavy atom. The number of amides is 2. The van der Waals surface area contributed by atoms with Crippen molar-refractivity contribution >= 4 is 43.8 Å². The summed E-state index contributed by atoms with van der Waals surface area (Å²) < 4.78 is 36.4. The summed E-state index contributed by atoms with van der Waals surface area (Å²) in [7, 11) is -2.46. The van der Waals surface area contributed by atoms with E-state index >= 15 is 0 Å². The number of carbonyl (C=O) groups excluding carboxylic acids is 3. The maximum absolute atomic E-state index is 13.8. The van der Waals surface area contributed by atoms with Crippen LogP contribution >= 0.6 is 0 Å². The number of fused-ring (bicyclic) bond motifs is 4. The topological polar surface area (TPSA) is 219 Å². The van der Waals surface area contributed by atoms with Crippen LogP contribution in [-0.2, 0) is 30.0 Å². The Morgan fingerprint density at radius 1 is 0.931 bits per heavy atom. The average molecular weight is 1010 g/mol. The second-order valence-corrected chi connectivity index (χ2v) is 25.5. The summed E-state index contributed by atoms with van der Waals surface area (Å²) in [6, 6.07) is 26.3. The zero-order valence-electron chi connectivity index (χ0n) is 42.6. The normalized spacial score (nSPS) is 17.4. The van der Waals surface area contributed by atoms with Crippen LogP contribution in [0.2, 0.25) is 18.1 Å². The number of furan rings is 1. The van der Waals surface area contributed by atoms with Crippen molar-refractivity contribution in [1.82, 2.24) is 20.1 Å². The zero-order chi connectivity index (χ0) is 52.2. The van der Waals surface area contributed by atoms with Crippen molar-refractivity contribution in [2.45, 2.75) is 116 Å². The predicted octanol–water partition coefficient (Wildman–Crippen LogP) is 9.95. The van der Waals surface area contributed by atoms with Gasteiger partial charge < -0.3 is 53.2 Å². The number of pyridine rings is 1. The van der Waals surface area contributed by atoms with Crippen LogP contribution in [0.25, 0.3) is 10.9 Å². The Kier molecular flexibility index (Phi) is 18.4. The van der Waals surface area contributed by atoms with Crippen molar-refractivity contribution in [1.29, 1.82) is 0 Å². The number of hydrogen-bond acceptors (Lipinski definition) is 13. The number of aromatic nitrogens is 1. The van der Waals surface area contributed by atoms with Crippen molar-refractivity contribution in [2.75, 3.05) is 39.3 Å². The molecule has 5 heterocycles. The molecule has 0 spiro atoms. The van der Waals surface area contributed by atoms with Crippen molar-refractivity contribution < 1.29 is 57.2 Å². The van der Waals surface area contributed by atoms with E-state index in [0.717, 1.165) is 43.6 Å². The fourth-order valence-corrected chi connectivity index (χ4v) is 9.80. The first-order valence-electron chi connectivity index (χ1n) is 24.5. The van der Waals surface area contributed by atoms with Crippen LogP contribution < -0.4 is 15.6 Å². The van der Waals surface area contributed by atoms with Gasteiger partial charge in [-0.25, -0.2) is 14.4 Å². The molecule has 8 rings (SSSR count). The fraction of sp³-hybridized carbons (Fsp3) is 0.463. The highest BCUT2D eigenvalue weighted by Crippen LogP contribution is 2.42. The molecule has 3 fully saturated rings. The van der Waals surface area contributed by atoms with E-state index in [-0.39, 0.29) is 66.5 Å². The molecular weight excluding hydrogens is 941 g/mol. The van der Waals surface area contributed by atoms with Gasteiger partial charge in [-0.05, 0) is 137 Å². The summed E-state index contributed by atoms with van der Waals surface area (Å²) in [6.07, 6.45) is 1.26. The number of phenols is 1. The van der Waals surface area contributed by atoms with Gasteiger partial charge in [-0.2, -0.15) is 0 Å². The summed E-state index contributed by atoms with van der Waals surface area (Å²) in [5, 5.41) is 21.1. The molecule has 388 valence electrons. The minimum absolute atomic E-state index is 0.0284. The summed E-state index contributed by atoms with van der Waals surface area (Å²) in [6.45, 7) is 19.2. The van der Waals surface area contributed by atoms with E-state index in [9.17, 15) is 24.3 Å². The summed E-state index contributed by atoms with van der Waals surface area (Å²) in [4.78, 5) is 67.6. The van der Waals surface area contributed by atoms with Crippen LogP contribution in [0.5, 0.6) is 11.5 Å². The molecule has 17 nitrogen and oxygen atoms in total. The monoisotopic (exact) mass is 1010 g/mol. The molecule has 3 aromatic carbocycles. The third-order valence-corrected chi connectivity index (χ3v) is 17.8. The van der Waals surface area contributed by atoms with Gasteiger partial charge in [-0.15, -0.1) is 0 Å². The zero-order valence-corrected chi connectivity index (χ0v) is 43.6. The predicted molar refractivity (Wildman–Crippen MR) is 274 cm³/mol. The Bertz CT molecular complexity index is 2670. The second kappa shape index (κ2) is 24.2. The minimum Gasteiger partial charge on any atom is -0.506 e. The van der Waals surface area contributed by atoms with E-state index in [0.29, 0.717) is 41.2 Å². The lowest BCUT2D eigenvalue weighted by atomic mass is 9.86. The van der Waals surface area contributed by atoms with Crippen LogP contribution in [0.15, 0.2) is 100 Å². The lowest BCUT2D eigenvalue weighted by Crippen LogP contribution is -2.52. The number of esters is 1. The average Bonchev–Trinajstić information content (AvgIpc) is 3.81. The lowest BCUT2D eigenvalue weighted by molar-refractivity contribution is -0.122. The van der Waals surface area contributed by atoms with Gasteiger partial charge in [-0.1, -0.05) is 69.3 Å². The molecule has 72 heavy (non-hydrogen) atoms. The molecule has 3 aliphatic rings. The van der Waals surface area contributed by atoms with Gasteiger partial charge in [-0.3, -0.25) is 14.5 Å². The second-order valence-electron chi connectivity index (χ2n) is 20.7. The van der Waals surface area contributed by atoms with E-state index < -0.39 is 44.2 Å². The number of piperidine rings is 3. The number of hydrogen-bond donors (Lipinski definition) is 4. The van der Waals surface area contributed by atoms with Gasteiger partial charge in [0.05, 0.1) is 30.8 Å². The Hall–Kier alpha value is -6.63. The quantitative estimate of drug-likeness (QED) is 0.0211. The molecule has 0 unspecified atom stereocenters. The summed E-state index contributed by atoms with van der Waals surface area (Å²) in [5.74, 6) is 0.685. The number of nitrogens with zero attached hydrogens (tertiary/aromatic N) is 2. The van der Waals surface area contributed by atoms with Crippen LogP contribution in [-0.4, -0.2) is 109 Å². The number of nitrogens with one attached hydrogen (secondary N) is 2. The number of ether oxygens (including phenoxy) is 4. The molecule has 0 aliphatic carbocycles. The standard InChI is InChI=1S/C53H68N4O11Si.CH2O2/c1-52(2,3)67-51(62)57(33-45(68-69(7,8)53(4,5)6)40-20-22-42(58)48-41(40)21-24-46(59)54-48)27-12-13-30-63-49(60)43-23-19-39(65-43)34-64-38-18-14-17-37(31-38)47(36-15-10-9-11-16-36)55-50(61)66-44-32-56-28-25-35(44)26-29-56;2-1-3/h9-11,14-24,31,35,44-45,47,58H,12-13,25-30,32-34H2,1-8H3,(H,54,59)(H,55,61);1H,(H,2,3)/t44-,45-,47-;/m0./s1. The Labute approximate surface area is 421 Å². The number of aromatic hydroxyl groups is 1. The third kappa shape index (κ3) is 15.0. The molecule has 4 N–H and O–H groups in total. The van der Waals surface area contributed by atoms with Gasteiger partial charge in [0.15, 0.2) is 8.32 Å². The van der Waals surface area contributed by atoms with Gasteiger partial charge in [0, 0.05) is 24.5 Å². The Balaban J connectivity index is 0.00000275. The summed E-state index contributed by atoms with van der Waals surface area (Å²) in [5.41, 5.74) is 1.59. The molecule has 3 saturated heterocycles. The van der Waals surface area contributed by atoms with E-state index in [2.05, 4.69) is 49.1 Å². The van der Waals surface area contributed by atoms with Crippen LogP contribution in [0.1, 0.15) is 112 Å². The molecule has 3 atom stereocenters. The Morgan fingerprint density at radius 3 is 2.31 bits per heavy atom. The van der Waals surface area contributed by atoms with Crippen molar-refractivity contribution in [3.63, 3.8) is 0 Å². The van der Waals surface area contributed by atoms with E-state index in [1.54, 1.807) is 49.9 Å². The fourth-order valence-electron chi connectivity index (χ4n) is 8.54.